The summed E-state index contributed by atoms with van der Waals surface area (Å²) in [7, 11) is 0. The lowest BCUT2D eigenvalue weighted by Crippen LogP contribution is -2.50. The molecule has 7 nitrogen and oxygen atoms in total. The van der Waals surface area contributed by atoms with Crippen molar-refractivity contribution in [3.8, 4) is 0 Å². The van der Waals surface area contributed by atoms with E-state index in [0.717, 1.165) is 22.6 Å². The number of carbonyl (C=O) groups is 3. The maximum absolute atomic E-state index is 12.8. The smallest absolute Gasteiger partial charge is 0.255 e. The molecule has 0 spiro atoms. The minimum absolute atomic E-state index is 0.00562. The predicted octanol–water partition coefficient (Wildman–Crippen LogP) is 1.72. The van der Waals surface area contributed by atoms with Crippen LogP contribution in [0.2, 0.25) is 0 Å². The van der Waals surface area contributed by atoms with Crippen LogP contribution in [0.3, 0.4) is 0 Å². The summed E-state index contributed by atoms with van der Waals surface area (Å²) < 4.78 is 0. The van der Waals surface area contributed by atoms with Gasteiger partial charge in [0.25, 0.3) is 11.8 Å². The first-order valence-corrected chi connectivity index (χ1v) is 9.10. The number of nitrogens with zero attached hydrogens (tertiary/aromatic N) is 2. The average Bonchev–Trinajstić information content (AvgIpc) is 3.20. The molecule has 3 heterocycles. The van der Waals surface area contributed by atoms with Crippen molar-refractivity contribution in [3.63, 3.8) is 0 Å². The van der Waals surface area contributed by atoms with Crippen LogP contribution in [-0.4, -0.2) is 58.7 Å². The van der Waals surface area contributed by atoms with Gasteiger partial charge in [-0.25, -0.2) is 0 Å². The van der Waals surface area contributed by atoms with Crippen molar-refractivity contribution in [1.29, 1.82) is 0 Å². The van der Waals surface area contributed by atoms with Crippen LogP contribution in [0.15, 0.2) is 24.3 Å². The van der Waals surface area contributed by atoms with Gasteiger partial charge >= 0.3 is 0 Å². The molecule has 2 N–H and O–H groups in total. The van der Waals surface area contributed by atoms with Gasteiger partial charge in [0.15, 0.2) is 0 Å². The largest absolute Gasteiger partial charge is 0.362 e. The van der Waals surface area contributed by atoms with Gasteiger partial charge < -0.3 is 20.1 Å². The number of rotatable bonds is 2. The van der Waals surface area contributed by atoms with E-state index in [1.807, 2.05) is 19.9 Å². The Balaban J connectivity index is 1.41. The van der Waals surface area contributed by atoms with Crippen LogP contribution in [-0.2, 0) is 11.2 Å². The van der Waals surface area contributed by atoms with E-state index in [-0.39, 0.29) is 17.7 Å². The number of benzene rings is 1. The molecule has 2 aliphatic rings. The van der Waals surface area contributed by atoms with Crippen molar-refractivity contribution in [3.05, 3.63) is 52.3 Å². The monoisotopic (exact) mass is 366 g/mol. The number of hydrogen-bond acceptors (Lipinski definition) is 3. The summed E-state index contributed by atoms with van der Waals surface area (Å²) in [6.45, 7) is 5.86. The van der Waals surface area contributed by atoms with Crippen LogP contribution in [0, 0.1) is 13.8 Å². The van der Waals surface area contributed by atoms with Gasteiger partial charge in [0.05, 0.1) is 12.0 Å². The molecule has 4 rings (SSSR count). The molecule has 27 heavy (non-hydrogen) atoms. The molecular formula is C20H22N4O3. The topological polar surface area (TPSA) is 85.5 Å². The zero-order valence-electron chi connectivity index (χ0n) is 15.5. The highest BCUT2D eigenvalue weighted by atomic mass is 16.2. The maximum atomic E-state index is 12.8. The maximum Gasteiger partial charge on any atom is 0.255 e. The van der Waals surface area contributed by atoms with Crippen LogP contribution in [0.4, 0.5) is 5.69 Å². The third-order valence-corrected chi connectivity index (χ3v) is 5.21. The second-order valence-electron chi connectivity index (χ2n) is 7.17. The Morgan fingerprint density at radius 2 is 1.63 bits per heavy atom. The molecule has 1 aromatic carbocycles. The number of carbonyl (C=O) groups excluding carboxylic acids is 3. The number of aromatic amines is 1. The van der Waals surface area contributed by atoms with Gasteiger partial charge in [-0.3, -0.25) is 14.4 Å². The molecule has 2 aromatic rings. The molecule has 3 amide bonds. The van der Waals surface area contributed by atoms with Gasteiger partial charge in [0, 0.05) is 48.8 Å². The standard InChI is InChI=1S/C20H22N4O3/c1-12-9-16(13(2)21-12)20(27)24-7-5-23(6-8-24)19(26)14-3-4-17-15(10-14)11-18(25)22-17/h3-4,9-10,21H,5-8,11H2,1-2H3,(H,22,25). The fraction of sp³-hybridized carbons (Fsp3) is 0.350. The van der Waals surface area contributed by atoms with Crippen molar-refractivity contribution >= 4 is 23.4 Å². The third-order valence-electron chi connectivity index (χ3n) is 5.21. The molecule has 0 bridgehead atoms. The number of aromatic nitrogens is 1. The van der Waals surface area contributed by atoms with E-state index in [2.05, 4.69) is 10.3 Å². The number of aryl methyl sites for hydroxylation is 2. The first-order valence-electron chi connectivity index (χ1n) is 9.10. The number of amides is 3. The van der Waals surface area contributed by atoms with E-state index in [4.69, 9.17) is 0 Å². The fourth-order valence-corrected chi connectivity index (χ4v) is 3.77. The lowest BCUT2D eigenvalue weighted by molar-refractivity contribution is -0.115. The molecule has 0 unspecified atom stereocenters. The Morgan fingerprint density at radius 3 is 2.26 bits per heavy atom. The van der Waals surface area contributed by atoms with Crippen molar-refractivity contribution in [2.45, 2.75) is 20.3 Å². The molecule has 1 fully saturated rings. The van der Waals surface area contributed by atoms with Crippen molar-refractivity contribution in [2.75, 3.05) is 31.5 Å². The Labute approximate surface area is 157 Å². The van der Waals surface area contributed by atoms with Crippen LogP contribution < -0.4 is 5.32 Å². The molecule has 7 heteroatoms. The zero-order valence-corrected chi connectivity index (χ0v) is 15.5. The van der Waals surface area contributed by atoms with Gasteiger partial charge in [-0.1, -0.05) is 0 Å². The lowest BCUT2D eigenvalue weighted by Gasteiger charge is -2.35. The number of H-pyrrole nitrogens is 1. The van der Waals surface area contributed by atoms with Crippen LogP contribution in [0.1, 0.15) is 37.7 Å². The highest BCUT2D eigenvalue weighted by Crippen LogP contribution is 2.24. The molecule has 0 saturated carbocycles. The summed E-state index contributed by atoms with van der Waals surface area (Å²) in [4.78, 5) is 43.7. The van der Waals surface area contributed by atoms with Gasteiger partial charge in [-0.05, 0) is 43.7 Å². The third kappa shape index (κ3) is 3.20. The number of piperazine rings is 1. The summed E-state index contributed by atoms with van der Waals surface area (Å²) >= 11 is 0. The number of fused-ring (bicyclic) bond motifs is 1. The first-order chi connectivity index (χ1) is 12.9. The van der Waals surface area contributed by atoms with Crippen LogP contribution in [0.25, 0.3) is 0 Å². The number of anilines is 1. The highest BCUT2D eigenvalue weighted by Gasteiger charge is 2.27. The van der Waals surface area contributed by atoms with Crippen molar-refractivity contribution in [1.82, 2.24) is 14.8 Å². The van der Waals surface area contributed by atoms with E-state index in [0.29, 0.717) is 43.7 Å². The fourth-order valence-electron chi connectivity index (χ4n) is 3.77. The molecule has 0 atom stereocenters. The van der Waals surface area contributed by atoms with E-state index in [1.54, 1.807) is 28.0 Å². The second kappa shape index (κ2) is 6.57. The van der Waals surface area contributed by atoms with Crippen LogP contribution in [0.5, 0.6) is 0 Å². The minimum Gasteiger partial charge on any atom is -0.362 e. The lowest BCUT2D eigenvalue weighted by atomic mass is 10.1. The molecule has 0 aliphatic carbocycles. The molecular weight excluding hydrogens is 344 g/mol. The van der Waals surface area contributed by atoms with Gasteiger partial charge in [0.1, 0.15) is 0 Å². The highest BCUT2D eigenvalue weighted by molar-refractivity contribution is 6.02. The van der Waals surface area contributed by atoms with E-state index in [9.17, 15) is 14.4 Å². The SMILES string of the molecule is Cc1cc(C(=O)N2CCN(C(=O)c3ccc4c(c3)CC(=O)N4)CC2)c(C)[nH]1. The van der Waals surface area contributed by atoms with Crippen molar-refractivity contribution < 1.29 is 14.4 Å². The average molecular weight is 366 g/mol. The molecule has 0 radical (unpaired) electrons. The van der Waals surface area contributed by atoms with Gasteiger partial charge in [-0.15, -0.1) is 0 Å². The van der Waals surface area contributed by atoms with Crippen LogP contribution >= 0.6 is 0 Å². The summed E-state index contributed by atoms with van der Waals surface area (Å²) in [5.74, 6) is -0.0963. The zero-order chi connectivity index (χ0) is 19.1. The molecule has 2 aliphatic heterocycles. The summed E-state index contributed by atoms with van der Waals surface area (Å²) in [5, 5.41) is 2.77. The van der Waals surface area contributed by atoms with E-state index in [1.165, 1.54) is 0 Å². The first kappa shape index (κ1) is 17.3. The second-order valence-corrected chi connectivity index (χ2v) is 7.17. The Hall–Kier alpha value is -3.09. The Kier molecular flexibility index (Phi) is 4.22. The molecule has 140 valence electrons. The predicted molar refractivity (Wildman–Crippen MR) is 101 cm³/mol. The van der Waals surface area contributed by atoms with Gasteiger partial charge in [-0.2, -0.15) is 0 Å². The van der Waals surface area contributed by atoms with E-state index < -0.39 is 0 Å². The Morgan fingerprint density at radius 1 is 0.963 bits per heavy atom. The number of nitrogens with one attached hydrogen (secondary N) is 2. The number of hydrogen-bond donors (Lipinski definition) is 2. The Bertz CT molecular complexity index is 939. The van der Waals surface area contributed by atoms with Gasteiger partial charge in [0.2, 0.25) is 5.91 Å². The normalized spacial score (nSPS) is 16.3. The summed E-state index contributed by atoms with van der Waals surface area (Å²) in [5.41, 5.74) is 4.76. The summed E-state index contributed by atoms with van der Waals surface area (Å²) in [6, 6.07) is 7.19. The minimum atomic E-state index is -0.0575. The van der Waals surface area contributed by atoms with Crippen molar-refractivity contribution in [2.24, 2.45) is 0 Å². The molecule has 1 aromatic heterocycles. The summed E-state index contributed by atoms with van der Waals surface area (Å²) in [6.07, 6.45) is 0.314. The quantitative estimate of drug-likeness (QED) is 0.849. The molecule has 1 saturated heterocycles. The van der Waals surface area contributed by atoms with E-state index >= 15 is 0 Å².